The minimum absolute atomic E-state index is 0.180. The van der Waals surface area contributed by atoms with Gasteiger partial charge in [0.2, 0.25) is 0 Å². The predicted octanol–water partition coefficient (Wildman–Crippen LogP) is 3.73. The van der Waals surface area contributed by atoms with Crippen LogP contribution in [0.4, 0.5) is 5.69 Å². The molecule has 0 spiro atoms. The van der Waals surface area contributed by atoms with Crippen molar-refractivity contribution < 1.29 is 13.2 Å². The molecule has 6 heteroatoms. The lowest BCUT2D eigenvalue weighted by Crippen LogP contribution is -2.22. The Hall–Kier alpha value is -2.34. The van der Waals surface area contributed by atoms with Gasteiger partial charge in [-0.25, -0.2) is 8.42 Å². The minimum Gasteiger partial charge on any atom is -0.345 e. The zero-order valence-electron chi connectivity index (χ0n) is 16.4. The number of hydrogen-bond donors (Lipinski definition) is 1. The lowest BCUT2D eigenvalue weighted by atomic mass is 9.95. The first-order valence-corrected chi connectivity index (χ1v) is 9.87. The number of carbonyl (C=O) groups excluding carboxylic acids is 1. The van der Waals surface area contributed by atoms with Crippen molar-refractivity contribution in [3.8, 4) is 0 Å². The summed E-state index contributed by atoms with van der Waals surface area (Å²) in [6.45, 7) is 9.54. The second kappa shape index (κ2) is 7.11. The van der Waals surface area contributed by atoms with E-state index in [4.69, 9.17) is 0 Å². The van der Waals surface area contributed by atoms with Gasteiger partial charge in [-0.3, -0.25) is 9.52 Å². The molecule has 0 aliphatic carbocycles. The van der Waals surface area contributed by atoms with Crippen molar-refractivity contribution in [3.63, 3.8) is 0 Å². The van der Waals surface area contributed by atoms with Crippen LogP contribution in [-0.2, 0) is 10.0 Å². The molecule has 0 atom stereocenters. The molecule has 0 unspecified atom stereocenters. The molecule has 0 aliphatic heterocycles. The molecule has 0 aromatic heterocycles. The summed E-state index contributed by atoms with van der Waals surface area (Å²) in [5, 5.41) is 0. The van der Waals surface area contributed by atoms with Crippen molar-refractivity contribution in [1.29, 1.82) is 0 Å². The zero-order chi connectivity index (χ0) is 19.8. The maximum Gasteiger partial charge on any atom is 0.262 e. The Morgan fingerprint density at radius 3 is 1.88 bits per heavy atom. The number of nitrogens with zero attached hydrogens (tertiary/aromatic N) is 1. The molecule has 0 radical (unpaired) electrons. The topological polar surface area (TPSA) is 66.5 Å². The molecule has 0 saturated carbocycles. The number of hydrogen-bond acceptors (Lipinski definition) is 3. The highest BCUT2D eigenvalue weighted by Gasteiger charge is 2.24. The largest absolute Gasteiger partial charge is 0.345 e. The van der Waals surface area contributed by atoms with Gasteiger partial charge in [-0.15, -0.1) is 0 Å². The molecule has 0 fully saturated rings. The first kappa shape index (κ1) is 20.0. The van der Waals surface area contributed by atoms with E-state index < -0.39 is 10.0 Å². The van der Waals surface area contributed by atoms with Crippen LogP contribution in [-0.4, -0.2) is 33.3 Å². The highest BCUT2D eigenvalue weighted by Crippen LogP contribution is 2.30. The molecule has 0 saturated heterocycles. The van der Waals surface area contributed by atoms with Crippen molar-refractivity contribution in [3.05, 3.63) is 57.6 Å². The SMILES string of the molecule is Cc1c(C)c(C)c(S(=O)(=O)Nc2cccc(C(=O)N(C)C)c2)c(C)c1C. The second-order valence-corrected chi connectivity index (χ2v) is 8.46. The van der Waals surface area contributed by atoms with Crippen LogP contribution < -0.4 is 4.72 Å². The smallest absolute Gasteiger partial charge is 0.262 e. The molecule has 2 aromatic rings. The lowest BCUT2D eigenvalue weighted by molar-refractivity contribution is 0.0827. The van der Waals surface area contributed by atoms with E-state index in [1.54, 1.807) is 38.4 Å². The van der Waals surface area contributed by atoms with Crippen LogP contribution in [0.5, 0.6) is 0 Å². The quantitative estimate of drug-likeness (QED) is 0.887. The van der Waals surface area contributed by atoms with Crippen LogP contribution in [0.1, 0.15) is 38.2 Å². The normalized spacial score (nSPS) is 11.3. The van der Waals surface area contributed by atoms with Gasteiger partial charge >= 0.3 is 0 Å². The van der Waals surface area contributed by atoms with Gasteiger partial charge in [-0.05, 0) is 80.6 Å². The molecule has 1 amide bonds. The number of carbonyl (C=O) groups is 1. The van der Waals surface area contributed by atoms with Crippen molar-refractivity contribution in [2.45, 2.75) is 39.5 Å². The van der Waals surface area contributed by atoms with Crippen molar-refractivity contribution in [2.75, 3.05) is 18.8 Å². The van der Waals surface area contributed by atoms with Gasteiger partial charge in [0.1, 0.15) is 0 Å². The summed E-state index contributed by atoms with van der Waals surface area (Å²) in [5.74, 6) is -0.180. The molecular formula is C20H26N2O3S. The third-order valence-corrected chi connectivity index (χ3v) is 6.62. The molecule has 1 N–H and O–H groups in total. The maximum atomic E-state index is 13.1. The first-order valence-electron chi connectivity index (χ1n) is 8.39. The van der Waals surface area contributed by atoms with Crippen molar-refractivity contribution in [1.82, 2.24) is 4.90 Å². The summed E-state index contributed by atoms with van der Waals surface area (Å²) < 4.78 is 28.8. The van der Waals surface area contributed by atoms with E-state index in [0.29, 0.717) is 16.1 Å². The number of amides is 1. The van der Waals surface area contributed by atoms with E-state index in [1.807, 2.05) is 34.6 Å². The molecule has 26 heavy (non-hydrogen) atoms. The fraction of sp³-hybridized carbons (Fsp3) is 0.350. The third kappa shape index (κ3) is 3.60. The summed E-state index contributed by atoms with van der Waals surface area (Å²) in [6, 6.07) is 6.53. The van der Waals surface area contributed by atoms with E-state index in [-0.39, 0.29) is 5.91 Å². The number of anilines is 1. The molecular weight excluding hydrogens is 348 g/mol. The van der Waals surface area contributed by atoms with Crippen molar-refractivity contribution in [2.24, 2.45) is 0 Å². The van der Waals surface area contributed by atoms with Gasteiger partial charge in [0.25, 0.3) is 15.9 Å². The van der Waals surface area contributed by atoms with Crippen molar-refractivity contribution >= 4 is 21.6 Å². The number of rotatable bonds is 4. The molecule has 2 aromatic carbocycles. The fourth-order valence-electron chi connectivity index (χ4n) is 3.05. The zero-order valence-corrected chi connectivity index (χ0v) is 17.2. The second-order valence-electron chi connectivity index (χ2n) is 6.84. The standard InChI is InChI=1S/C20H26N2O3S/c1-12-13(2)15(4)19(16(5)14(12)3)26(24,25)21-18-10-8-9-17(11-18)20(23)22(6)7/h8-11,21H,1-7H3. The summed E-state index contributed by atoms with van der Waals surface area (Å²) in [6.07, 6.45) is 0. The first-order chi connectivity index (χ1) is 12.0. The maximum absolute atomic E-state index is 13.1. The van der Waals surface area contributed by atoms with E-state index in [9.17, 15) is 13.2 Å². The van der Waals surface area contributed by atoms with Gasteiger partial charge in [-0.1, -0.05) is 6.07 Å². The highest BCUT2D eigenvalue weighted by molar-refractivity contribution is 7.92. The molecule has 5 nitrogen and oxygen atoms in total. The van der Waals surface area contributed by atoms with E-state index >= 15 is 0 Å². The van der Waals surface area contributed by atoms with Gasteiger partial charge in [0.05, 0.1) is 4.90 Å². The number of sulfonamides is 1. The Morgan fingerprint density at radius 1 is 0.885 bits per heavy atom. The van der Waals surface area contributed by atoms with Crippen LogP contribution in [0.2, 0.25) is 0 Å². The molecule has 0 bridgehead atoms. The number of nitrogens with one attached hydrogen (secondary N) is 1. The average Bonchev–Trinajstić information content (AvgIpc) is 2.57. The van der Waals surface area contributed by atoms with Gasteiger partial charge in [0, 0.05) is 25.3 Å². The summed E-state index contributed by atoms with van der Waals surface area (Å²) in [4.78, 5) is 13.9. The monoisotopic (exact) mass is 374 g/mol. The Kier molecular flexibility index (Phi) is 5.47. The Bertz CT molecular complexity index is 948. The van der Waals surface area contributed by atoms with Gasteiger partial charge in [0.15, 0.2) is 0 Å². The summed E-state index contributed by atoms with van der Waals surface area (Å²) in [5.41, 5.74) is 5.36. The molecule has 2 rings (SSSR count). The lowest BCUT2D eigenvalue weighted by Gasteiger charge is -2.19. The Balaban J connectivity index is 2.52. The highest BCUT2D eigenvalue weighted by atomic mass is 32.2. The summed E-state index contributed by atoms with van der Waals surface area (Å²) >= 11 is 0. The van der Waals surface area contributed by atoms with Gasteiger partial charge < -0.3 is 4.90 Å². The molecule has 0 heterocycles. The summed E-state index contributed by atoms with van der Waals surface area (Å²) in [7, 11) is -0.461. The van der Waals surface area contributed by atoms with E-state index in [0.717, 1.165) is 27.8 Å². The van der Waals surface area contributed by atoms with E-state index in [2.05, 4.69) is 4.72 Å². The molecule has 140 valence electrons. The van der Waals surface area contributed by atoms with Crippen LogP contribution >= 0.6 is 0 Å². The Morgan fingerprint density at radius 2 is 1.38 bits per heavy atom. The van der Waals surface area contributed by atoms with Gasteiger partial charge in [-0.2, -0.15) is 0 Å². The average molecular weight is 375 g/mol. The minimum atomic E-state index is -3.77. The van der Waals surface area contributed by atoms with Crippen LogP contribution in [0.15, 0.2) is 29.2 Å². The van der Waals surface area contributed by atoms with Crippen LogP contribution in [0.3, 0.4) is 0 Å². The third-order valence-electron chi connectivity index (χ3n) is 4.97. The number of benzene rings is 2. The Labute approximate surface area is 156 Å². The van der Waals surface area contributed by atoms with Crippen LogP contribution in [0, 0.1) is 34.6 Å². The molecule has 0 aliphatic rings. The fourth-order valence-corrected chi connectivity index (χ4v) is 4.70. The van der Waals surface area contributed by atoms with E-state index in [1.165, 1.54) is 4.90 Å². The predicted molar refractivity (Wildman–Crippen MR) is 105 cm³/mol. The van der Waals surface area contributed by atoms with Crippen LogP contribution in [0.25, 0.3) is 0 Å².